The van der Waals surface area contributed by atoms with Crippen LogP contribution in [-0.4, -0.2) is 57.0 Å². The van der Waals surface area contributed by atoms with Crippen LogP contribution in [0.2, 0.25) is 5.02 Å². The van der Waals surface area contributed by atoms with Crippen molar-refractivity contribution in [1.82, 2.24) is 9.80 Å². The van der Waals surface area contributed by atoms with Crippen molar-refractivity contribution >= 4 is 23.2 Å². The van der Waals surface area contributed by atoms with Gasteiger partial charge in [0, 0.05) is 37.9 Å². The third-order valence-electron chi connectivity index (χ3n) is 2.71. The molecule has 0 radical (unpaired) electrons. The number of halogens is 1. The summed E-state index contributed by atoms with van der Waals surface area (Å²) in [5.74, 6) is -0.0244. The summed E-state index contributed by atoms with van der Waals surface area (Å²) >= 11 is 5.94. The maximum absolute atomic E-state index is 12.3. The summed E-state index contributed by atoms with van der Waals surface area (Å²) in [6, 6.07) is 5.28. The predicted molar refractivity (Wildman–Crippen MR) is 76.5 cm³/mol. The molecule has 1 N–H and O–H groups in total. The molecule has 100 valence electrons. The molecule has 0 fully saturated rings. The molecule has 5 heteroatoms. The van der Waals surface area contributed by atoms with Gasteiger partial charge in [-0.15, -0.1) is 0 Å². The van der Waals surface area contributed by atoms with Gasteiger partial charge in [-0.25, -0.2) is 0 Å². The van der Waals surface area contributed by atoms with Crippen molar-refractivity contribution in [2.45, 2.75) is 0 Å². The molecule has 1 amide bonds. The largest absolute Gasteiger partial charge is 0.387 e. The van der Waals surface area contributed by atoms with Gasteiger partial charge in [-0.1, -0.05) is 11.6 Å². The second kappa shape index (κ2) is 6.61. The second-order valence-electron chi connectivity index (χ2n) is 4.47. The highest BCUT2D eigenvalue weighted by atomic mass is 35.5. The molecule has 18 heavy (non-hydrogen) atoms. The van der Waals surface area contributed by atoms with Gasteiger partial charge >= 0.3 is 0 Å². The summed E-state index contributed by atoms with van der Waals surface area (Å²) in [7, 11) is 7.56. The summed E-state index contributed by atoms with van der Waals surface area (Å²) < 4.78 is 0. The van der Waals surface area contributed by atoms with Gasteiger partial charge < -0.3 is 15.1 Å². The first-order chi connectivity index (χ1) is 8.45. The zero-order chi connectivity index (χ0) is 13.7. The van der Waals surface area contributed by atoms with Gasteiger partial charge in [-0.2, -0.15) is 0 Å². The van der Waals surface area contributed by atoms with Crippen molar-refractivity contribution in [3.05, 3.63) is 28.8 Å². The fraction of sp³-hybridized carbons (Fsp3) is 0.462. The van der Waals surface area contributed by atoms with Gasteiger partial charge in [0.2, 0.25) is 0 Å². The van der Waals surface area contributed by atoms with Crippen LogP contribution >= 0.6 is 11.6 Å². The number of hydrogen-bond donors (Lipinski definition) is 1. The molecule has 1 rings (SSSR count). The van der Waals surface area contributed by atoms with Crippen molar-refractivity contribution in [2.24, 2.45) is 0 Å². The molecule has 0 unspecified atom stereocenters. The highest BCUT2D eigenvalue weighted by Crippen LogP contribution is 2.21. The summed E-state index contributed by atoms with van der Waals surface area (Å²) in [4.78, 5) is 16.0. The first-order valence-corrected chi connectivity index (χ1v) is 6.21. The average molecular weight is 270 g/mol. The van der Waals surface area contributed by atoms with E-state index in [1.807, 2.05) is 25.1 Å². The molecule has 0 saturated heterocycles. The molecule has 0 atom stereocenters. The quantitative estimate of drug-likeness (QED) is 0.888. The third kappa shape index (κ3) is 3.89. The number of rotatable bonds is 5. The lowest BCUT2D eigenvalue weighted by molar-refractivity contribution is 0.0787. The van der Waals surface area contributed by atoms with E-state index >= 15 is 0 Å². The van der Waals surface area contributed by atoms with E-state index in [1.54, 1.807) is 31.1 Å². The Bertz CT molecular complexity index is 421. The van der Waals surface area contributed by atoms with Crippen molar-refractivity contribution in [3.63, 3.8) is 0 Å². The van der Waals surface area contributed by atoms with E-state index in [2.05, 4.69) is 5.32 Å². The molecule has 0 saturated carbocycles. The summed E-state index contributed by atoms with van der Waals surface area (Å²) in [5.41, 5.74) is 1.40. The van der Waals surface area contributed by atoms with E-state index in [-0.39, 0.29) is 5.91 Å². The van der Waals surface area contributed by atoms with Gasteiger partial charge in [0.05, 0.1) is 5.56 Å². The molecule has 1 aromatic carbocycles. The molecule has 0 aliphatic carbocycles. The average Bonchev–Trinajstić information content (AvgIpc) is 2.34. The maximum Gasteiger partial charge on any atom is 0.255 e. The van der Waals surface area contributed by atoms with E-state index in [9.17, 15) is 4.79 Å². The minimum Gasteiger partial charge on any atom is -0.387 e. The number of nitrogens with zero attached hydrogens (tertiary/aromatic N) is 2. The lowest BCUT2D eigenvalue weighted by Gasteiger charge is -2.21. The number of carbonyl (C=O) groups excluding carboxylic acids is 1. The third-order valence-corrected chi connectivity index (χ3v) is 2.95. The Labute approximate surface area is 114 Å². The second-order valence-corrected chi connectivity index (χ2v) is 4.91. The number of amides is 1. The molecule has 0 bridgehead atoms. The molecule has 0 heterocycles. The van der Waals surface area contributed by atoms with Gasteiger partial charge in [0.1, 0.15) is 0 Å². The van der Waals surface area contributed by atoms with Gasteiger partial charge in [0.25, 0.3) is 5.91 Å². The van der Waals surface area contributed by atoms with Crippen molar-refractivity contribution in [2.75, 3.05) is 46.6 Å². The minimum absolute atomic E-state index is 0.0244. The Morgan fingerprint density at radius 3 is 2.50 bits per heavy atom. The number of likely N-dealkylation sites (N-methyl/N-ethyl adjacent to an activating group) is 2. The van der Waals surface area contributed by atoms with Gasteiger partial charge in [0.15, 0.2) is 0 Å². The van der Waals surface area contributed by atoms with E-state index in [1.165, 1.54) is 0 Å². The van der Waals surface area contributed by atoms with Crippen molar-refractivity contribution in [1.29, 1.82) is 0 Å². The maximum atomic E-state index is 12.3. The van der Waals surface area contributed by atoms with Crippen LogP contribution in [0.25, 0.3) is 0 Å². The lowest BCUT2D eigenvalue weighted by atomic mass is 10.1. The van der Waals surface area contributed by atoms with Crippen molar-refractivity contribution in [3.8, 4) is 0 Å². The highest BCUT2D eigenvalue weighted by molar-refractivity contribution is 6.31. The summed E-state index contributed by atoms with van der Waals surface area (Å²) in [6.45, 7) is 1.51. The Morgan fingerprint density at radius 1 is 1.28 bits per heavy atom. The van der Waals surface area contributed by atoms with Gasteiger partial charge in [-0.05, 0) is 32.3 Å². The number of nitrogens with one attached hydrogen (secondary N) is 1. The van der Waals surface area contributed by atoms with Gasteiger partial charge in [-0.3, -0.25) is 4.79 Å². The number of hydrogen-bond acceptors (Lipinski definition) is 3. The molecule has 1 aromatic rings. The molecule has 0 aromatic heterocycles. The Hall–Kier alpha value is -1.26. The van der Waals surface area contributed by atoms with Crippen LogP contribution in [0.3, 0.4) is 0 Å². The Morgan fingerprint density at radius 2 is 1.94 bits per heavy atom. The van der Waals surface area contributed by atoms with E-state index in [0.717, 1.165) is 12.2 Å². The molecule has 0 aliphatic rings. The molecular weight excluding hydrogens is 250 g/mol. The van der Waals surface area contributed by atoms with Crippen LogP contribution in [0.4, 0.5) is 5.69 Å². The first kappa shape index (κ1) is 14.8. The molecule has 4 nitrogen and oxygen atoms in total. The van der Waals surface area contributed by atoms with E-state index in [4.69, 9.17) is 11.6 Å². The van der Waals surface area contributed by atoms with Crippen LogP contribution in [0.15, 0.2) is 18.2 Å². The van der Waals surface area contributed by atoms with Crippen LogP contribution < -0.4 is 5.32 Å². The fourth-order valence-electron chi connectivity index (χ4n) is 1.57. The molecule has 0 spiro atoms. The van der Waals surface area contributed by atoms with E-state index < -0.39 is 0 Å². The number of benzene rings is 1. The molecule has 0 aliphatic heterocycles. The summed E-state index contributed by atoms with van der Waals surface area (Å²) in [6.07, 6.45) is 0. The first-order valence-electron chi connectivity index (χ1n) is 5.83. The standard InChI is InChI=1S/C13H20ClN3O/c1-15-12-6-5-10(14)9-11(12)13(18)17(4)8-7-16(2)3/h5-6,9,15H,7-8H2,1-4H3. The zero-order valence-corrected chi connectivity index (χ0v) is 12.1. The normalized spacial score (nSPS) is 10.6. The Kier molecular flexibility index (Phi) is 5.44. The zero-order valence-electron chi connectivity index (χ0n) is 11.3. The molecular formula is C13H20ClN3O. The van der Waals surface area contributed by atoms with Crippen molar-refractivity contribution < 1.29 is 4.79 Å². The van der Waals surface area contributed by atoms with Crippen LogP contribution in [0.5, 0.6) is 0 Å². The van der Waals surface area contributed by atoms with E-state index in [0.29, 0.717) is 17.1 Å². The topological polar surface area (TPSA) is 35.6 Å². The predicted octanol–water partition coefficient (Wildman–Crippen LogP) is 2.02. The highest BCUT2D eigenvalue weighted by Gasteiger charge is 2.15. The lowest BCUT2D eigenvalue weighted by Crippen LogP contribution is -2.33. The van der Waals surface area contributed by atoms with Crippen LogP contribution in [0, 0.1) is 0 Å². The minimum atomic E-state index is -0.0244. The SMILES string of the molecule is CNc1ccc(Cl)cc1C(=O)N(C)CCN(C)C. The fourth-order valence-corrected chi connectivity index (χ4v) is 1.74. The smallest absolute Gasteiger partial charge is 0.255 e. The number of carbonyl (C=O) groups is 1. The summed E-state index contributed by atoms with van der Waals surface area (Å²) in [5, 5.41) is 3.57. The van der Waals surface area contributed by atoms with Crippen LogP contribution in [-0.2, 0) is 0 Å². The van der Waals surface area contributed by atoms with Crippen LogP contribution in [0.1, 0.15) is 10.4 Å². The Balaban J connectivity index is 2.85. The monoisotopic (exact) mass is 269 g/mol. The number of anilines is 1.